The zero-order valence-corrected chi connectivity index (χ0v) is 19.6. The van der Waals surface area contributed by atoms with Gasteiger partial charge in [-0.15, -0.1) is 0 Å². The van der Waals surface area contributed by atoms with E-state index in [1.165, 1.54) is 51.4 Å². The second-order valence-electron chi connectivity index (χ2n) is 9.04. The molecule has 0 N–H and O–H groups in total. The van der Waals surface area contributed by atoms with Gasteiger partial charge in [-0.1, -0.05) is 97.6 Å². The summed E-state index contributed by atoms with van der Waals surface area (Å²) >= 11 is 0. The van der Waals surface area contributed by atoms with Crippen LogP contribution < -0.4 is 0 Å². The average Bonchev–Trinajstić information content (AvgIpc) is 2.72. The van der Waals surface area contributed by atoms with Crippen molar-refractivity contribution in [3.63, 3.8) is 0 Å². The molecule has 0 aliphatic carbocycles. The van der Waals surface area contributed by atoms with Crippen LogP contribution in [0.1, 0.15) is 113 Å². The van der Waals surface area contributed by atoms with Crippen LogP contribution in [0.2, 0.25) is 0 Å². The monoisotopic (exact) mass is 418 g/mol. The maximum absolute atomic E-state index is 12.4. The molecule has 170 valence electrons. The number of carbonyl (C=O) groups is 2. The van der Waals surface area contributed by atoms with Crippen LogP contribution in [-0.4, -0.2) is 25.2 Å². The topological polar surface area (TPSA) is 52.6 Å². The molecule has 0 aliphatic rings. The van der Waals surface area contributed by atoms with Gasteiger partial charge in [-0.25, -0.2) is 9.59 Å². The Balaban J connectivity index is 2.17. The predicted octanol–water partition coefficient (Wildman–Crippen LogP) is 7.21. The molecule has 0 aromatic heterocycles. The lowest BCUT2D eigenvalue weighted by molar-refractivity contribution is 0.0427. The van der Waals surface area contributed by atoms with Gasteiger partial charge in [0.15, 0.2) is 0 Å². The standard InChI is InChI=1S/C26H42O4/c1-21(2)16-12-10-8-6-5-7-9-11-15-19-29-25(27)23-17-13-14-18-24(23)26(28)30-20-22(3)4/h13-14,17-18,21-22H,5-12,15-16,19-20H2,1-4H3. The molecule has 0 aliphatic heterocycles. The molecule has 4 heteroatoms. The van der Waals surface area contributed by atoms with Crippen molar-refractivity contribution in [2.24, 2.45) is 11.8 Å². The highest BCUT2D eigenvalue weighted by atomic mass is 16.5. The third-order valence-corrected chi connectivity index (χ3v) is 5.07. The van der Waals surface area contributed by atoms with E-state index < -0.39 is 11.9 Å². The van der Waals surface area contributed by atoms with E-state index in [4.69, 9.17) is 9.47 Å². The van der Waals surface area contributed by atoms with E-state index in [0.717, 1.165) is 18.8 Å². The summed E-state index contributed by atoms with van der Waals surface area (Å²) in [4.78, 5) is 24.6. The van der Waals surface area contributed by atoms with Gasteiger partial charge in [0.2, 0.25) is 0 Å². The molecular weight excluding hydrogens is 376 g/mol. The smallest absolute Gasteiger partial charge is 0.339 e. The molecule has 0 spiro atoms. The molecule has 0 amide bonds. The number of hydrogen-bond donors (Lipinski definition) is 0. The Labute approximate surface area is 183 Å². The highest BCUT2D eigenvalue weighted by Crippen LogP contribution is 2.15. The molecule has 0 unspecified atom stereocenters. The van der Waals surface area contributed by atoms with Crippen molar-refractivity contribution in [1.29, 1.82) is 0 Å². The first kappa shape index (κ1) is 26.2. The van der Waals surface area contributed by atoms with Crippen molar-refractivity contribution < 1.29 is 19.1 Å². The van der Waals surface area contributed by atoms with E-state index in [9.17, 15) is 9.59 Å². The van der Waals surface area contributed by atoms with Crippen molar-refractivity contribution in [3.8, 4) is 0 Å². The number of carbonyl (C=O) groups excluding carboxylic acids is 2. The van der Waals surface area contributed by atoms with Gasteiger partial charge in [0, 0.05) is 0 Å². The first-order chi connectivity index (χ1) is 14.4. The lowest BCUT2D eigenvalue weighted by atomic mass is 10.0. The number of rotatable bonds is 16. The first-order valence-electron chi connectivity index (χ1n) is 11.8. The van der Waals surface area contributed by atoms with Crippen molar-refractivity contribution >= 4 is 11.9 Å². The third-order valence-electron chi connectivity index (χ3n) is 5.07. The maximum atomic E-state index is 12.4. The average molecular weight is 419 g/mol. The van der Waals surface area contributed by atoms with Crippen LogP contribution in [0, 0.1) is 11.8 Å². The van der Waals surface area contributed by atoms with Crippen molar-refractivity contribution in [1.82, 2.24) is 0 Å². The molecule has 0 heterocycles. The molecule has 30 heavy (non-hydrogen) atoms. The largest absolute Gasteiger partial charge is 0.462 e. The zero-order chi connectivity index (χ0) is 22.2. The summed E-state index contributed by atoms with van der Waals surface area (Å²) in [6.07, 6.45) is 12.4. The summed E-state index contributed by atoms with van der Waals surface area (Å²) in [5, 5.41) is 0. The number of esters is 2. The van der Waals surface area contributed by atoms with Gasteiger partial charge in [0.05, 0.1) is 24.3 Å². The molecule has 0 fully saturated rings. The van der Waals surface area contributed by atoms with Gasteiger partial charge < -0.3 is 9.47 Å². The molecule has 0 bridgehead atoms. The Morgan fingerprint density at radius 2 is 1.13 bits per heavy atom. The quantitative estimate of drug-likeness (QED) is 0.210. The van der Waals surface area contributed by atoms with Crippen LogP contribution >= 0.6 is 0 Å². The van der Waals surface area contributed by atoms with Crippen LogP contribution in [0.25, 0.3) is 0 Å². The molecule has 1 aromatic carbocycles. The molecule has 0 atom stereocenters. The number of hydrogen-bond acceptors (Lipinski definition) is 4. The van der Waals surface area contributed by atoms with Gasteiger partial charge in [0.25, 0.3) is 0 Å². The minimum Gasteiger partial charge on any atom is -0.462 e. The Morgan fingerprint density at radius 1 is 0.667 bits per heavy atom. The second kappa shape index (κ2) is 15.9. The Bertz CT molecular complexity index is 607. The fourth-order valence-corrected chi connectivity index (χ4v) is 3.29. The summed E-state index contributed by atoms with van der Waals surface area (Å²) in [7, 11) is 0. The fourth-order valence-electron chi connectivity index (χ4n) is 3.29. The maximum Gasteiger partial charge on any atom is 0.339 e. The Hall–Kier alpha value is -1.84. The summed E-state index contributed by atoms with van der Waals surface area (Å²) in [6.45, 7) is 9.25. The van der Waals surface area contributed by atoms with Crippen molar-refractivity contribution in [3.05, 3.63) is 35.4 Å². The van der Waals surface area contributed by atoms with Gasteiger partial charge in [-0.3, -0.25) is 0 Å². The zero-order valence-electron chi connectivity index (χ0n) is 19.6. The van der Waals surface area contributed by atoms with Crippen LogP contribution in [0.5, 0.6) is 0 Å². The van der Waals surface area contributed by atoms with Gasteiger partial charge in [-0.05, 0) is 30.4 Å². The number of ether oxygens (including phenoxy) is 2. The van der Waals surface area contributed by atoms with Crippen molar-refractivity contribution in [2.45, 2.75) is 91.9 Å². The van der Waals surface area contributed by atoms with Gasteiger partial charge in [-0.2, -0.15) is 0 Å². The predicted molar refractivity (Wildman–Crippen MR) is 123 cm³/mol. The molecular formula is C26H42O4. The molecule has 1 rings (SSSR count). The number of unbranched alkanes of at least 4 members (excludes halogenated alkanes) is 8. The molecule has 0 saturated carbocycles. The van der Waals surface area contributed by atoms with E-state index in [2.05, 4.69) is 13.8 Å². The minimum atomic E-state index is -0.472. The summed E-state index contributed by atoms with van der Waals surface area (Å²) in [5.41, 5.74) is 0.556. The molecule has 0 radical (unpaired) electrons. The Kier molecular flexibility index (Phi) is 13.9. The van der Waals surface area contributed by atoms with E-state index >= 15 is 0 Å². The molecule has 4 nitrogen and oxygen atoms in total. The van der Waals surface area contributed by atoms with E-state index in [-0.39, 0.29) is 17.0 Å². The summed E-state index contributed by atoms with van der Waals surface area (Å²) in [6, 6.07) is 6.70. The highest BCUT2D eigenvalue weighted by Gasteiger charge is 2.19. The SMILES string of the molecule is CC(C)CCCCCCCCCCCOC(=O)c1ccccc1C(=O)OCC(C)C. The lowest BCUT2D eigenvalue weighted by Crippen LogP contribution is -2.16. The third kappa shape index (κ3) is 12.0. The van der Waals surface area contributed by atoms with Crippen LogP contribution in [-0.2, 0) is 9.47 Å². The van der Waals surface area contributed by atoms with Crippen LogP contribution in [0.15, 0.2) is 24.3 Å². The summed E-state index contributed by atoms with van der Waals surface area (Å²) < 4.78 is 10.6. The second-order valence-corrected chi connectivity index (χ2v) is 9.04. The van der Waals surface area contributed by atoms with E-state index in [0.29, 0.717) is 13.2 Å². The number of benzene rings is 1. The fraction of sp³-hybridized carbons (Fsp3) is 0.692. The first-order valence-corrected chi connectivity index (χ1v) is 11.8. The summed E-state index contributed by atoms with van der Waals surface area (Å²) in [5.74, 6) is 0.151. The van der Waals surface area contributed by atoms with E-state index in [1.807, 2.05) is 13.8 Å². The lowest BCUT2D eigenvalue weighted by Gasteiger charge is -2.11. The minimum absolute atomic E-state index is 0.248. The van der Waals surface area contributed by atoms with E-state index in [1.54, 1.807) is 24.3 Å². The van der Waals surface area contributed by atoms with Crippen LogP contribution in [0.3, 0.4) is 0 Å². The molecule has 1 aromatic rings. The highest BCUT2D eigenvalue weighted by molar-refractivity contribution is 6.03. The van der Waals surface area contributed by atoms with Crippen LogP contribution in [0.4, 0.5) is 0 Å². The normalized spacial score (nSPS) is 11.1. The Morgan fingerprint density at radius 3 is 1.63 bits per heavy atom. The van der Waals surface area contributed by atoms with Gasteiger partial charge >= 0.3 is 11.9 Å². The molecule has 0 saturated heterocycles. The van der Waals surface area contributed by atoms with Gasteiger partial charge in [0.1, 0.15) is 0 Å². The van der Waals surface area contributed by atoms with Crippen molar-refractivity contribution in [2.75, 3.05) is 13.2 Å².